The van der Waals surface area contributed by atoms with Crippen molar-refractivity contribution in [2.75, 3.05) is 9.80 Å². The first-order valence-electron chi connectivity index (χ1n) is 27.1. The van der Waals surface area contributed by atoms with Gasteiger partial charge in [0.25, 0.3) is 0 Å². The van der Waals surface area contributed by atoms with E-state index >= 15 is 0 Å². The molecule has 4 nitrogen and oxygen atoms in total. The van der Waals surface area contributed by atoms with Crippen LogP contribution in [0.25, 0.3) is 49.9 Å². The van der Waals surface area contributed by atoms with Crippen molar-refractivity contribution in [2.24, 2.45) is 0 Å². The molecule has 7 aromatic carbocycles. The van der Waals surface area contributed by atoms with Crippen molar-refractivity contribution >= 4 is 44.6 Å². The van der Waals surface area contributed by atoms with Crippen molar-refractivity contribution in [3.8, 4) is 28.1 Å². The standard InChI is InChI=1S/C53H41N4.Pt/c1-53(2,3)41-30-31-54-51(35-41)57-47-25-11-10-22-45(47)46-29-28-38(34-50(46)57)32-37-16-14-21-42(33-37)55-36-56(49-27-13-12-26-48(49)55)52-43(39-17-6-4-7-18-39)23-15-24-44(52)40-19-8-5-9-20-40;/h4-31,35-36H,32H2,1-3H3;/q-3;/i4D,5D,6D,7D,8D,9D,10D,11D,12D,13D,17D,18D,19D,20D,22D,25D,26D,27D;. The maximum Gasteiger partial charge on any atom is 0.135 e. The quantitative estimate of drug-likeness (QED) is 0.149. The predicted octanol–water partition coefficient (Wildman–Crippen LogP) is 13.4. The number of para-hydroxylation sites is 4. The summed E-state index contributed by atoms with van der Waals surface area (Å²) in [6.45, 7) is 7.55. The van der Waals surface area contributed by atoms with Gasteiger partial charge in [-0.1, -0.05) is 135 Å². The Kier molecular flexibility index (Phi) is 5.81. The summed E-state index contributed by atoms with van der Waals surface area (Å²) in [7, 11) is 0. The van der Waals surface area contributed by atoms with Crippen molar-refractivity contribution < 1.29 is 45.7 Å². The number of rotatable bonds is 7. The van der Waals surface area contributed by atoms with Crippen LogP contribution in [0.5, 0.6) is 0 Å². The number of anilines is 4. The van der Waals surface area contributed by atoms with E-state index in [1.54, 1.807) is 41.1 Å². The van der Waals surface area contributed by atoms with Crippen LogP contribution in [-0.4, -0.2) is 9.55 Å². The topological polar surface area (TPSA) is 24.3 Å². The van der Waals surface area contributed by atoms with Crippen LogP contribution >= 0.6 is 0 Å². The molecule has 10 rings (SSSR count). The van der Waals surface area contributed by atoms with Crippen LogP contribution in [0.3, 0.4) is 0 Å². The molecule has 0 spiro atoms. The fraction of sp³-hybridized carbons (Fsp3) is 0.0943. The summed E-state index contributed by atoms with van der Waals surface area (Å²) in [6, 6.07) is 13.5. The molecule has 0 radical (unpaired) electrons. The van der Waals surface area contributed by atoms with Crippen molar-refractivity contribution in [2.45, 2.75) is 32.6 Å². The van der Waals surface area contributed by atoms with E-state index < -0.39 is 90.6 Å². The molecule has 5 heteroatoms. The largest absolute Gasteiger partial charge is 0.493 e. The van der Waals surface area contributed by atoms with Gasteiger partial charge in [0.15, 0.2) is 0 Å². The van der Waals surface area contributed by atoms with Crippen LogP contribution in [0.2, 0.25) is 0 Å². The molecule has 0 amide bonds. The van der Waals surface area contributed by atoms with Gasteiger partial charge in [0.05, 0.1) is 24.7 Å². The van der Waals surface area contributed by atoms with E-state index in [-0.39, 0.29) is 102 Å². The third-order valence-corrected chi connectivity index (χ3v) is 9.87. The monoisotopic (exact) mass is 946 g/mol. The zero-order valence-corrected chi connectivity index (χ0v) is 33.5. The van der Waals surface area contributed by atoms with Gasteiger partial charge < -0.3 is 14.4 Å². The molecule has 2 aromatic heterocycles. The molecule has 1 aliphatic heterocycles. The maximum absolute atomic E-state index is 9.36. The molecule has 0 aliphatic carbocycles. The molecular formula is C53H41N4Pt-3. The van der Waals surface area contributed by atoms with Gasteiger partial charge in [0.1, 0.15) is 5.82 Å². The van der Waals surface area contributed by atoms with Crippen molar-refractivity contribution in [3.63, 3.8) is 0 Å². The van der Waals surface area contributed by atoms with Crippen LogP contribution in [0.1, 0.15) is 62.1 Å². The number of hydrogen-bond donors (Lipinski definition) is 0. The van der Waals surface area contributed by atoms with Gasteiger partial charge in [0, 0.05) is 61.0 Å². The maximum atomic E-state index is 9.36. The molecule has 0 atom stereocenters. The Morgan fingerprint density at radius 3 is 1.97 bits per heavy atom. The third kappa shape index (κ3) is 6.72. The summed E-state index contributed by atoms with van der Waals surface area (Å²) in [5.41, 5.74) is 1.60. The molecule has 0 bridgehead atoms. The average molecular weight is 947 g/mol. The minimum absolute atomic E-state index is 0. The van der Waals surface area contributed by atoms with Crippen LogP contribution < -0.4 is 9.80 Å². The molecule has 286 valence electrons. The van der Waals surface area contributed by atoms with E-state index in [1.807, 2.05) is 12.1 Å². The Bertz CT molecular complexity index is 3820. The predicted molar refractivity (Wildman–Crippen MR) is 237 cm³/mol. The van der Waals surface area contributed by atoms with Gasteiger partial charge in [-0.3, -0.25) is 0 Å². The first-order chi connectivity index (χ1) is 35.4. The molecule has 0 N–H and O–H groups in total. The summed E-state index contributed by atoms with van der Waals surface area (Å²) in [5, 5.41) is 0.821. The second-order valence-electron chi connectivity index (χ2n) is 14.5. The third-order valence-electron chi connectivity index (χ3n) is 9.87. The number of nitrogens with zero attached hydrogens (tertiary/aromatic N) is 4. The van der Waals surface area contributed by atoms with E-state index in [9.17, 15) is 2.74 Å². The Hall–Kier alpha value is -6.22. The van der Waals surface area contributed by atoms with Gasteiger partial charge in [-0.2, -0.15) is 53.6 Å². The molecule has 3 heterocycles. The first kappa shape index (κ1) is 22.1. The molecule has 0 unspecified atom stereocenters. The number of aromatic nitrogens is 2. The molecule has 9 aromatic rings. The Morgan fingerprint density at radius 2 is 1.26 bits per heavy atom. The first-order valence-corrected chi connectivity index (χ1v) is 18.1. The minimum atomic E-state index is -0.679. The number of hydrogen-bond acceptors (Lipinski definition) is 3. The van der Waals surface area contributed by atoms with Crippen molar-refractivity contribution in [1.29, 1.82) is 0 Å². The average Bonchev–Trinajstić information content (AvgIpc) is 3.96. The second-order valence-corrected chi connectivity index (χ2v) is 14.5. The van der Waals surface area contributed by atoms with Gasteiger partial charge in [-0.05, 0) is 64.2 Å². The van der Waals surface area contributed by atoms with E-state index in [2.05, 4.69) is 37.9 Å². The van der Waals surface area contributed by atoms with Crippen molar-refractivity contribution in [3.05, 3.63) is 211 Å². The fourth-order valence-electron chi connectivity index (χ4n) is 7.18. The number of benzene rings is 7. The zero-order valence-electron chi connectivity index (χ0n) is 49.2. The van der Waals surface area contributed by atoms with Gasteiger partial charge >= 0.3 is 0 Å². The number of pyridine rings is 1. The van der Waals surface area contributed by atoms with Gasteiger partial charge in [-0.15, -0.1) is 17.7 Å². The van der Waals surface area contributed by atoms with Crippen LogP contribution in [0, 0.1) is 18.8 Å². The van der Waals surface area contributed by atoms with E-state index in [1.165, 1.54) is 34.7 Å². The van der Waals surface area contributed by atoms with Crippen LogP contribution in [0.15, 0.2) is 176 Å². The molecule has 0 fully saturated rings. The van der Waals surface area contributed by atoms with Gasteiger partial charge in [0.2, 0.25) is 0 Å². The second kappa shape index (κ2) is 15.3. The molecule has 58 heavy (non-hydrogen) atoms. The number of fused-ring (bicyclic) bond motifs is 4. The molecule has 0 saturated heterocycles. The zero-order chi connectivity index (χ0) is 54.2. The van der Waals surface area contributed by atoms with Gasteiger partial charge in [-0.25, -0.2) is 4.98 Å². The molecular weight excluding hydrogens is 888 g/mol. The summed E-state index contributed by atoms with van der Waals surface area (Å²) >= 11 is 0. The Labute approximate surface area is 380 Å². The molecule has 0 saturated carbocycles. The summed E-state index contributed by atoms with van der Waals surface area (Å²) in [6.07, 6.45) is 1.83. The minimum Gasteiger partial charge on any atom is -0.493 e. The van der Waals surface area contributed by atoms with E-state index in [0.717, 1.165) is 5.56 Å². The Morgan fingerprint density at radius 1 is 0.638 bits per heavy atom. The summed E-state index contributed by atoms with van der Waals surface area (Å²) in [4.78, 5) is 7.44. The van der Waals surface area contributed by atoms with E-state index in [4.69, 9.17) is 21.9 Å². The van der Waals surface area contributed by atoms with E-state index in [0.29, 0.717) is 33.2 Å². The van der Waals surface area contributed by atoms with Crippen LogP contribution in [0.4, 0.5) is 22.7 Å². The smallest absolute Gasteiger partial charge is 0.135 e. The molecule has 1 aliphatic rings. The van der Waals surface area contributed by atoms with Crippen molar-refractivity contribution in [1.82, 2.24) is 9.55 Å². The van der Waals surface area contributed by atoms with Crippen LogP contribution in [-0.2, 0) is 32.9 Å². The SMILES string of the molecule is [2H]c1c([2H])c([2H])c(-c2cccc(-c3c([2H])c([2H])c([2H])c([2H])c3[2H])c2N2[CH-]N(c3[c-]c(Cc4[c-]c5c(cc4)c4c([2H])c([2H])c([2H])c([2H])c4n5-c4cc(C(C)(C)C)ccn4)ccc3)c3c([2H])c([2H])c([2H])c([2H])c32)c([2H])c1[2H].[Pt]. The summed E-state index contributed by atoms with van der Waals surface area (Å²) in [5.74, 6) is 0.426. The summed E-state index contributed by atoms with van der Waals surface area (Å²) < 4.78 is 160. The fourth-order valence-corrected chi connectivity index (χ4v) is 7.18. The Balaban J connectivity index is 0.00000706. The normalized spacial score (nSPS) is 16.9.